The average Bonchev–Trinajstić information content (AvgIpc) is 1.75. The summed E-state index contributed by atoms with van der Waals surface area (Å²) < 4.78 is 70.5. The van der Waals surface area contributed by atoms with Gasteiger partial charge in [0.25, 0.3) is 17.2 Å². The van der Waals surface area contributed by atoms with Crippen molar-refractivity contribution >= 4 is 52.6 Å². The molecule has 15 rings (SSSR count). The number of fused-ring (bicyclic) bond motifs is 6. The van der Waals surface area contributed by atoms with Crippen LogP contribution in [0, 0.1) is 44.4 Å². The third-order valence-electron chi connectivity index (χ3n) is 16.0. The second kappa shape index (κ2) is 25.7. The number of hydrogen-bond donors (Lipinski definition) is 3. The van der Waals surface area contributed by atoms with Crippen molar-refractivity contribution in [3.8, 4) is 50.9 Å². The number of nitrogens with zero attached hydrogens (tertiary/aromatic N) is 16. The second-order valence-corrected chi connectivity index (χ2v) is 21.8. The van der Waals surface area contributed by atoms with Crippen LogP contribution in [-0.2, 0) is 63.2 Å². The Morgan fingerprint density at radius 2 is 1.12 bits per heavy atom. The third-order valence-corrected chi connectivity index (χ3v) is 16.0. The number of pyridine rings is 1. The van der Waals surface area contributed by atoms with Gasteiger partial charge in [-0.2, -0.15) is 19.8 Å². The molecule has 0 fully saturated rings. The molecule has 12 aromatic rings. The number of imidazole rings is 3. The van der Waals surface area contributed by atoms with Gasteiger partial charge in [0.05, 0.1) is 64.9 Å². The van der Waals surface area contributed by atoms with Crippen molar-refractivity contribution in [2.24, 2.45) is 21.1 Å². The Morgan fingerprint density at radius 1 is 0.613 bits per heavy atom. The van der Waals surface area contributed by atoms with Gasteiger partial charge in [0, 0.05) is 142 Å². The van der Waals surface area contributed by atoms with E-state index >= 15 is 0 Å². The molecule has 0 amide bonds. The Hall–Kier alpha value is -12.2. The molecule has 1 atom stereocenters. The number of nitrogens with one attached hydrogen (secondary N) is 3. The molecule has 3 N–H and O–H groups in total. The number of rotatable bonds is 12. The predicted molar refractivity (Wildman–Crippen MR) is 335 cm³/mol. The lowest BCUT2D eigenvalue weighted by molar-refractivity contribution is -0.191. The van der Waals surface area contributed by atoms with Crippen LogP contribution in [-0.4, -0.2) is 93.2 Å². The summed E-state index contributed by atoms with van der Waals surface area (Å²) in [5.41, 5.74) is 12.1. The van der Waals surface area contributed by atoms with E-state index in [1.807, 2.05) is 57.6 Å². The smallest absolute Gasteiger partial charge is 0.373 e. The first-order chi connectivity index (χ1) is 45.0. The number of halogens is 3. The first-order valence-electron chi connectivity index (χ1n) is 29.1. The van der Waals surface area contributed by atoms with Crippen LogP contribution >= 0.6 is 0 Å². The van der Waals surface area contributed by atoms with Crippen LogP contribution in [0.1, 0.15) is 57.6 Å². The summed E-state index contributed by atoms with van der Waals surface area (Å²) in [5.74, 6) is 3.38. The van der Waals surface area contributed by atoms with Crippen LogP contribution < -0.4 is 35.7 Å². The minimum absolute atomic E-state index is 0.118. The largest absolute Gasteiger partial charge is 0.493 e. The van der Waals surface area contributed by atoms with E-state index in [4.69, 9.17) is 36.9 Å². The van der Waals surface area contributed by atoms with Gasteiger partial charge in [-0.15, -0.1) is 0 Å². The van der Waals surface area contributed by atoms with Gasteiger partial charge in [-0.3, -0.25) is 27.4 Å². The Labute approximate surface area is 527 Å². The van der Waals surface area contributed by atoms with Crippen molar-refractivity contribution in [1.82, 2.24) is 67.2 Å². The van der Waals surface area contributed by atoms with E-state index in [1.54, 1.807) is 98.9 Å². The zero-order chi connectivity index (χ0) is 65.2. The van der Waals surface area contributed by atoms with Gasteiger partial charge in [-0.25, -0.2) is 33.1 Å². The van der Waals surface area contributed by atoms with E-state index in [9.17, 15) is 18.0 Å². The highest BCUT2D eigenvalue weighted by atomic mass is 19.1. The number of hydrogen-bond acceptors (Lipinski definition) is 17. The lowest BCUT2D eigenvalue weighted by Crippen LogP contribution is -2.18. The number of ether oxygens (including phenoxy) is 3. The lowest BCUT2D eigenvalue weighted by atomic mass is 9.97. The minimum Gasteiger partial charge on any atom is -0.493 e. The van der Waals surface area contributed by atoms with E-state index in [-0.39, 0.29) is 59.8 Å². The van der Waals surface area contributed by atoms with Crippen LogP contribution in [0.4, 0.5) is 42.7 Å². The average molecular weight is 1260 g/mol. The number of aromatic nitrogens is 14. The molecule has 9 aromatic heterocycles. The summed E-state index contributed by atoms with van der Waals surface area (Å²) in [6, 6.07) is 16.6. The molecule has 0 spiro atoms. The fourth-order valence-electron chi connectivity index (χ4n) is 11.7. The van der Waals surface area contributed by atoms with Crippen LogP contribution in [0.25, 0.3) is 60.3 Å². The zero-order valence-electron chi connectivity index (χ0n) is 50.9. The first kappa shape index (κ1) is 61.1. The van der Waals surface area contributed by atoms with Gasteiger partial charge in [-0.1, -0.05) is 30.0 Å². The van der Waals surface area contributed by atoms with Crippen molar-refractivity contribution in [2.45, 2.75) is 59.2 Å². The van der Waals surface area contributed by atoms with Crippen LogP contribution in [0.5, 0.6) is 17.2 Å². The topological polar surface area (TPSA) is 255 Å². The maximum Gasteiger partial charge on any atom is 0.373 e. The zero-order valence-corrected chi connectivity index (χ0v) is 50.9. The van der Waals surface area contributed by atoms with Crippen LogP contribution in [0.3, 0.4) is 0 Å². The standard InChI is InChI=1S/C22H20FN7O.C22H17FN6O2.C20H19FN6O.CO2/c1-12-11-31-18-6-5-16(23)14(20(12)18)8-25-22-26-9-15(17-7-13(2)28-29(17)4)21-27-19(24-3)10-30(21)22;1-24-19-12-29-20(27-19)16(14-4-3-8-28(2)21(14)30)11-26-22(29)25-10-15-13-7-9-31-18(13)6-5-17(15)23;1-12-11-27-19(25-12)15(17-5-7-24-26(17)2)10-23-20(27)22-9-14-13-6-8-28-18(13)4-3-16(14)21;2-1-3/h5-7,9-10,12H,8,11H2,1-2,4H3,(H,25,26);3-6,8,11-12H,7,9-10H2,2H3,(H,25,26);3-5,7,10-11H,6,8-9H2,1-2H3,(H,22,23);. The molecule has 0 saturated heterocycles. The van der Waals surface area contributed by atoms with E-state index in [0.717, 1.165) is 74.2 Å². The summed E-state index contributed by atoms with van der Waals surface area (Å²) in [4.78, 5) is 62.8. The predicted octanol–water partition coefficient (Wildman–Crippen LogP) is 10.1. The molecule has 1 unspecified atom stereocenters. The van der Waals surface area contributed by atoms with Crippen molar-refractivity contribution in [1.29, 1.82) is 0 Å². The molecule has 0 aliphatic carbocycles. The molecular weight excluding hydrogens is 1200 g/mol. The monoisotopic (exact) mass is 1260 g/mol. The van der Waals surface area contributed by atoms with Gasteiger partial charge < -0.3 is 44.4 Å². The lowest BCUT2D eigenvalue weighted by Gasteiger charge is -2.13. The summed E-state index contributed by atoms with van der Waals surface area (Å²) >= 11 is 0. The molecule has 12 heterocycles. The molecule has 28 heteroatoms. The number of aryl methyl sites for hydroxylation is 5. The van der Waals surface area contributed by atoms with E-state index in [0.29, 0.717) is 95.5 Å². The number of benzene rings is 3. The SMILES string of the molecule is Cc1cn2c(NCc3c(F)ccc4c3CCO4)ncc(-c3ccnn3C)c2n1.O=C=O.[C-]#[N+]c1cn2c(NCc3c(F)ccc4c3C(C)CO4)ncc(-c3cc(C)nn3C)c2n1.[C-]#[N+]c1cn2c(NCc3c(F)ccc4c3CCO4)ncc(-c3cccn(C)c3=O)c2n1. The minimum atomic E-state index is -0.315. The van der Waals surface area contributed by atoms with Crippen LogP contribution in [0.15, 0.2) is 115 Å². The van der Waals surface area contributed by atoms with E-state index in [1.165, 1.54) is 22.8 Å². The summed E-state index contributed by atoms with van der Waals surface area (Å²) in [6.07, 6.45) is 15.1. The normalized spacial score (nSPS) is 13.1. The number of carbonyl (C=O) groups excluding carboxylic acids is 2. The Kier molecular flexibility index (Phi) is 16.9. The molecule has 3 aromatic carbocycles. The van der Waals surface area contributed by atoms with Gasteiger partial charge in [0.1, 0.15) is 34.7 Å². The van der Waals surface area contributed by atoms with Crippen molar-refractivity contribution in [2.75, 3.05) is 35.8 Å². The molecular formula is C65H56F3N19O6. The highest BCUT2D eigenvalue weighted by Crippen LogP contribution is 2.39. The molecule has 0 radical (unpaired) electrons. The van der Waals surface area contributed by atoms with Crippen molar-refractivity contribution in [3.05, 3.63) is 206 Å². The fraction of sp³-hybridized carbons (Fsp3) is 0.231. The molecule has 0 bridgehead atoms. The fourth-order valence-corrected chi connectivity index (χ4v) is 11.7. The highest BCUT2D eigenvalue weighted by molar-refractivity contribution is 5.80. The van der Waals surface area contributed by atoms with E-state index in [2.05, 4.69) is 65.7 Å². The molecule has 468 valence electrons. The number of anilines is 3. The third kappa shape index (κ3) is 11.9. The molecule has 3 aliphatic heterocycles. The maximum absolute atomic E-state index is 14.6. The summed E-state index contributed by atoms with van der Waals surface area (Å²) in [5, 5.41) is 18.3. The van der Waals surface area contributed by atoms with Crippen LogP contribution in [0.2, 0.25) is 0 Å². The van der Waals surface area contributed by atoms with Gasteiger partial charge >= 0.3 is 6.15 Å². The van der Waals surface area contributed by atoms with Gasteiger partial charge in [0.2, 0.25) is 29.1 Å². The van der Waals surface area contributed by atoms with Crippen molar-refractivity contribution in [3.63, 3.8) is 0 Å². The molecule has 3 aliphatic rings. The Bertz CT molecular complexity index is 5080. The highest BCUT2D eigenvalue weighted by Gasteiger charge is 2.28. The first-order valence-corrected chi connectivity index (χ1v) is 29.1. The van der Waals surface area contributed by atoms with Gasteiger partial charge in [0.15, 0.2) is 5.65 Å². The maximum atomic E-state index is 14.6. The Balaban J connectivity index is 0.000000131. The second-order valence-electron chi connectivity index (χ2n) is 21.8. The molecule has 93 heavy (non-hydrogen) atoms. The van der Waals surface area contributed by atoms with E-state index < -0.39 is 0 Å². The molecule has 0 saturated carbocycles. The Morgan fingerprint density at radius 3 is 1.66 bits per heavy atom. The molecule has 25 nitrogen and oxygen atoms in total. The summed E-state index contributed by atoms with van der Waals surface area (Å²) in [6.45, 7) is 23.0. The quantitative estimate of drug-likeness (QED) is 0.0961. The summed E-state index contributed by atoms with van der Waals surface area (Å²) in [7, 11) is 5.40. The van der Waals surface area contributed by atoms with Gasteiger partial charge in [-0.05, 0) is 74.5 Å². The van der Waals surface area contributed by atoms with Crippen molar-refractivity contribution < 1.29 is 37.0 Å².